The molecule has 3 atom stereocenters. The highest BCUT2D eigenvalue weighted by Gasteiger charge is 2.44. The Morgan fingerprint density at radius 1 is 1.05 bits per heavy atom. The Morgan fingerprint density at radius 3 is 2.52 bits per heavy atom. The van der Waals surface area contributed by atoms with Gasteiger partial charge in [-0.1, -0.05) is 29.8 Å². The van der Waals surface area contributed by atoms with Gasteiger partial charge in [-0.3, -0.25) is 0 Å². The highest BCUT2D eigenvalue weighted by molar-refractivity contribution is 6.30. The van der Waals surface area contributed by atoms with Crippen LogP contribution in [0, 0.1) is 5.21 Å². The van der Waals surface area contributed by atoms with Crippen molar-refractivity contribution in [3.05, 3.63) is 63.8 Å². The van der Waals surface area contributed by atoms with Crippen molar-refractivity contribution in [3.8, 4) is 11.5 Å². The summed E-state index contributed by atoms with van der Waals surface area (Å²) in [6.45, 7) is 1.15. The minimum Gasteiger partial charge on any atom is -0.633 e. The molecule has 0 N–H and O–H groups in total. The van der Waals surface area contributed by atoms with Gasteiger partial charge in [-0.25, -0.2) is 0 Å². The molecule has 0 amide bonds. The summed E-state index contributed by atoms with van der Waals surface area (Å²) in [4.78, 5) is 0. The molecule has 2 aromatic carbocycles. The van der Waals surface area contributed by atoms with Crippen LogP contribution in [0.4, 0.5) is 0 Å². The van der Waals surface area contributed by atoms with E-state index in [0.717, 1.165) is 22.6 Å². The molecule has 2 aliphatic rings. The molecule has 0 radical (unpaired) electrons. The quantitative estimate of drug-likeness (QED) is 0.537. The van der Waals surface area contributed by atoms with Crippen molar-refractivity contribution in [3.63, 3.8) is 0 Å². The summed E-state index contributed by atoms with van der Waals surface area (Å²) in [7, 11) is 1.75. The summed E-state index contributed by atoms with van der Waals surface area (Å²) in [5, 5.41) is 13.2. The summed E-state index contributed by atoms with van der Waals surface area (Å²) < 4.78 is 5.88. The van der Waals surface area contributed by atoms with Gasteiger partial charge < -0.3 is 14.6 Å². The first kappa shape index (κ1) is 13.1. The predicted octanol–water partition coefficient (Wildman–Crippen LogP) is 4.27. The van der Waals surface area contributed by atoms with Gasteiger partial charge in [-0.05, 0) is 24.3 Å². The van der Waals surface area contributed by atoms with E-state index in [1.165, 1.54) is 0 Å². The monoisotopic (exact) mass is 301 g/mol. The molecule has 0 unspecified atom stereocenters. The van der Waals surface area contributed by atoms with Crippen molar-refractivity contribution in [2.45, 2.75) is 11.8 Å². The number of nitrogens with zero attached hydrogens (tertiary/aromatic N) is 1. The lowest BCUT2D eigenvalue weighted by Gasteiger charge is -2.34. The number of para-hydroxylation sites is 1. The second-order valence-electron chi connectivity index (χ2n) is 6.20. The first-order valence-electron chi connectivity index (χ1n) is 7.15. The SMILES string of the molecule is C[N@+]1([O-])C[C@H]2c3ccccc3Oc3ccc(Cl)cc3[C@@H]2C1. The van der Waals surface area contributed by atoms with Crippen LogP contribution in [-0.4, -0.2) is 24.8 Å². The lowest BCUT2D eigenvalue weighted by molar-refractivity contribution is -0.848. The number of ether oxygens (including phenoxy) is 1. The number of rotatable bonds is 0. The van der Waals surface area contributed by atoms with E-state index >= 15 is 0 Å². The van der Waals surface area contributed by atoms with Crippen LogP contribution in [-0.2, 0) is 0 Å². The van der Waals surface area contributed by atoms with E-state index in [1.54, 1.807) is 7.05 Å². The van der Waals surface area contributed by atoms with Gasteiger partial charge in [-0.15, -0.1) is 0 Å². The molecule has 2 aliphatic heterocycles. The highest BCUT2D eigenvalue weighted by Crippen LogP contribution is 2.51. The Labute approximate surface area is 128 Å². The number of hydrogen-bond acceptors (Lipinski definition) is 2. The number of hydroxylamine groups is 3. The lowest BCUT2D eigenvalue weighted by atomic mass is 9.84. The van der Waals surface area contributed by atoms with Crippen molar-refractivity contribution < 1.29 is 9.38 Å². The van der Waals surface area contributed by atoms with Crippen LogP contribution in [0.2, 0.25) is 5.02 Å². The summed E-state index contributed by atoms with van der Waals surface area (Å²) >= 11 is 6.16. The van der Waals surface area contributed by atoms with Crippen LogP contribution in [0.1, 0.15) is 23.0 Å². The maximum Gasteiger partial charge on any atom is 0.131 e. The van der Waals surface area contributed by atoms with E-state index in [-0.39, 0.29) is 16.5 Å². The third-order valence-electron chi connectivity index (χ3n) is 4.56. The third kappa shape index (κ3) is 2.13. The molecule has 0 aliphatic carbocycles. The van der Waals surface area contributed by atoms with Crippen LogP contribution in [0.3, 0.4) is 0 Å². The summed E-state index contributed by atoms with van der Waals surface area (Å²) in [5.74, 6) is 2.02. The van der Waals surface area contributed by atoms with Crippen molar-refractivity contribution in [2.75, 3.05) is 20.1 Å². The molecule has 0 saturated carbocycles. The zero-order valence-electron chi connectivity index (χ0n) is 11.8. The van der Waals surface area contributed by atoms with E-state index < -0.39 is 0 Å². The molecular formula is C17H16ClNO2. The van der Waals surface area contributed by atoms with Crippen molar-refractivity contribution in [2.24, 2.45) is 0 Å². The summed E-state index contributed by atoms with van der Waals surface area (Å²) in [6.07, 6.45) is 0. The normalized spacial score (nSPS) is 29.9. The molecule has 2 aromatic rings. The molecule has 3 nitrogen and oxygen atoms in total. The second-order valence-corrected chi connectivity index (χ2v) is 6.63. The summed E-state index contributed by atoms with van der Waals surface area (Å²) in [5.41, 5.74) is 2.19. The Bertz CT molecular complexity index is 714. The third-order valence-corrected chi connectivity index (χ3v) is 4.80. The van der Waals surface area contributed by atoms with Gasteiger partial charge in [0.1, 0.15) is 11.5 Å². The van der Waals surface area contributed by atoms with Gasteiger partial charge in [0.25, 0.3) is 0 Å². The predicted molar refractivity (Wildman–Crippen MR) is 82.7 cm³/mol. The zero-order chi connectivity index (χ0) is 14.6. The molecule has 1 fully saturated rings. The fourth-order valence-electron chi connectivity index (χ4n) is 3.69. The molecular weight excluding hydrogens is 286 g/mol. The van der Waals surface area contributed by atoms with Crippen LogP contribution in [0.25, 0.3) is 0 Å². The number of halogens is 1. The molecule has 0 spiro atoms. The average Bonchev–Trinajstić information content (AvgIpc) is 2.71. The molecule has 108 valence electrons. The van der Waals surface area contributed by atoms with Crippen molar-refractivity contribution >= 4 is 11.6 Å². The van der Waals surface area contributed by atoms with E-state index in [2.05, 4.69) is 6.07 Å². The Balaban J connectivity index is 1.94. The number of fused-ring (bicyclic) bond motifs is 5. The topological polar surface area (TPSA) is 32.3 Å². The van der Waals surface area contributed by atoms with Gasteiger partial charge in [0.05, 0.1) is 20.1 Å². The highest BCUT2D eigenvalue weighted by atomic mass is 35.5. The first-order valence-corrected chi connectivity index (χ1v) is 7.53. The number of likely N-dealkylation sites (N-methyl/N-ethyl adjacent to an activating group) is 1. The fraction of sp³-hybridized carbons (Fsp3) is 0.294. The van der Waals surface area contributed by atoms with Crippen molar-refractivity contribution in [1.82, 2.24) is 0 Å². The molecule has 4 rings (SSSR count). The fourth-order valence-corrected chi connectivity index (χ4v) is 3.87. The van der Waals surface area contributed by atoms with E-state index in [9.17, 15) is 5.21 Å². The maximum atomic E-state index is 12.5. The van der Waals surface area contributed by atoms with Crippen LogP contribution in [0.5, 0.6) is 11.5 Å². The molecule has 4 heteroatoms. The van der Waals surface area contributed by atoms with E-state index in [1.807, 2.05) is 36.4 Å². The second kappa shape index (κ2) is 4.47. The van der Waals surface area contributed by atoms with Crippen LogP contribution >= 0.6 is 11.6 Å². The first-order chi connectivity index (χ1) is 10.0. The van der Waals surface area contributed by atoms with E-state index in [0.29, 0.717) is 18.1 Å². The Morgan fingerprint density at radius 2 is 1.71 bits per heavy atom. The standard InChI is InChI=1S/C17H16ClNO2/c1-19(20)9-14-12-4-2-3-5-16(12)21-17-7-6-11(18)8-13(17)15(14)10-19/h2-8,14-15H,9-10H2,1H3/t14-,15-,19-/m0/s1. The maximum absolute atomic E-state index is 12.5. The molecule has 0 bridgehead atoms. The molecule has 2 heterocycles. The zero-order valence-corrected chi connectivity index (χ0v) is 12.5. The average molecular weight is 302 g/mol. The minimum absolute atomic E-state index is 0.157. The number of benzene rings is 2. The smallest absolute Gasteiger partial charge is 0.131 e. The Kier molecular flexibility index (Phi) is 2.80. The van der Waals surface area contributed by atoms with E-state index in [4.69, 9.17) is 16.3 Å². The molecule has 0 aromatic heterocycles. The van der Waals surface area contributed by atoms with Gasteiger partial charge in [0.2, 0.25) is 0 Å². The largest absolute Gasteiger partial charge is 0.633 e. The number of likely N-dealkylation sites (tertiary alicyclic amines) is 1. The van der Waals surface area contributed by atoms with Crippen molar-refractivity contribution in [1.29, 1.82) is 0 Å². The number of quaternary nitrogens is 1. The lowest BCUT2D eigenvalue weighted by Crippen LogP contribution is -2.34. The van der Waals surface area contributed by atoms with Crippen LogP contribution < -0.4 is 4.74 Å². The molecule has 1 saturated heterocycles. The number of hydrogen-bond donors (Lipinski definition) is 0. The Hall–Kier alpha value is -1.55. The van der Waals surface area contributed by atoms with Crippen LogP contribution in [0.15, 0.2) is 42.5 Å². The van der Waals surface area contributed by atoms with Gasteiger partial charge in [-0.2, -0.15) is 0 Å². The molecule has 21 heavy (non-hydrogen) atoms. The van der Waals surface area contributed by atoms with Gasteiger partial charge >= 0.3 is 0 Å². The van der Waals surface area contributed by atoms with Gasteiger partial charge in [0.15, 0.2) is 0 Å². The summed E-state index contributed by atoms with van der Waals surface area (Å²) in [6, 6.07) is 13.7. The minimum atomic E-state index is -0.213. The van der Waals surface area contributed by atoms with Gasteiger partial charge in [0, 0.05) is 28.0 Å².